The average Bonchev–Trinajstić information content (AvgIpc) is 3.35. The molecule has 1 N–H and O–H groups in total. The van der Waals surface area contributed by atoms with Crippen molar-refractivity contribution in [3.63, 3.8) is 0 Å². The predicted octanol–water partition coefficient (Wildman–Crippen LogP) is 2.55. The number of hydrogen-bond acceptors (Lipinski definition) is 6. The van der Waals surface area contributed by atoms with Gasteiger partial charge < -0.3 is 15.0 Å². The number of carbonyl (C=O) groups is 1. The Bertz CT molecular complexity index is 975. The van der Waals surface area contributed by atoms with E-state index >= 15 is 0 Å². The Morgan fingerprint density at radius 3 is 2.75 bits per heavy atom. The van der Waals surface area contributed by atoms with Gasteiger partial charge in [0.2, 0.25) is 5.91 Å². The molecular formula is C17H15F3N4O4. The van der Waals surface area contributed by atoms with Crippen LogP contribution in [0.5, 0.6) is 5.75 Å². The fourth-order valence-corrected chi connectivity index (χ4v) is 3.47. The number of fused-ring (bicyclic) bond motifs is 1. The first kappa shape index (κ1) is 18.3. The quantitative estimate of drug-likeness (QED) is 0.630. The molecule has 0 bridgehead atoms. The number of hydrogen-bond donors (Lipinski definition) is 1. The standard InChI is InChI=1S/C17H15F3N4O4/c18-17(19,20)9-28-12-3-1-2-10-14(12)21-6-11(24(26)27)15(10)23-7-13(25)22-16(8-23)4-5-16/h1-3,6H,4-5,7-9H2,(H,22,25). The number of halogens is 3. The first-order valence-corrected chi connectivity index (χ1v) is 8.49. The number of rotatable bonds is 4. The number of para-hydroxylation sites is 1. The normalized spacial score (nSPS) is 18.2. The van der Waals surface area contributed by atoms with Crippen LogP contribution in [0, 0.1) is 10.1 Å². The number of carbonyl (C=O) groups excluding carboxylic acids is 1. The molecule has 2 aromatic rings. The molecule has 1 spiro atoms. The number of nitrogens with zero attached hydrogens (tertiary/aromatic N) is 3. The van der Waals surface area contributed by atoms with Gasteiger partial charge in [-0.05, 0) is 18.9 Å². The topological polar surface area (TPSA) is 97.6 Å². The highest BCUT2D eigenvalue weighted by atomic mass is 19.4. The van der Waals surface area contributed by atoms with Gasteiger partial charge in [0.15, 0.2) is 6.61 Å². The second kappa shape index (κ2) is 6.21. The van der Waals surface area contributed by atoms with Crippen molar-refractivity contribution in [3.8, 4) is 5.75 Å². The zero-order valence-electron chi connectivity index (χ0n) is 14.5. The number of amides is 1. The zero-order valence-corrected chi connectivity index (χ0v) is 14.5. The number of benzene rings is 1. The van der Waals surface area contributed by atoms with Crippen molar-refractivity contribution in [1.82, 2.24) is 10.3 Å². The molecule has 1 amide bonds. The maximum Gasteiger partial charge on any atom is 0.422 e. The molecule has 4 rings (SSSR count). The largest absolute Gasteiger partial charge is 0.482 e. The van der Waals surface area contributed by atoms with Gasteiger partial charge in [-0.2, -0.15) is 13.2 Å². The van der Waals surface area contributed by atoms with E-state index in [2.05, 4.69) is 10.3 Å². The van der Waals surface area contributed by atoms with E-state index in [0.29, 0.717) is 6.54 Å². The van der Waals surface area contributed by atoms with Gasteiger partial charge in [0.25, 0.3) is 0 Å². The van der Waals surface area contributed by atoms with E-state index in [9.17, 15) is 28.1 Å². The van der Waals surface area contributed by atoms with Crippen LogP contribution in [-0.4, -0.2) is 47.2 Å². The molecule has 2 heterocycles. The Morgan fingerprint density at radius 2 is 2.11 bits per heavy atom. The molecule has 1 aromatic carbocycles. The van der Waals surface area contributed by atoms with Crippen molar-refractivity contribution in [2.75, 3.05) is 24.6 Å². The van der Waals surface area contributed by atoms with Crippen molar-refractivity contribution in [2.24, 2.45) is 0 Å². The highest BCUT2D eigenvalue weighted by Crippen LogP contribution is 2.43. The minimum atomic E-state index is -4.53. The van der Waals surface area contributed by atoms with Gasteiger partial charge in [0, 0.05) is 11.9 Å². The lowest BCUT2D eigenvalue weighted by Crippen LogP contribution is -2.56. The van der Waals surface area contributed by atoms with Gasteiger partial charge in [0.1, 0.15) is 23.2 Å². The van der Waals surface area contributed by atoms with Crippen LogP contribution in [0.4, 0.5) is 24.5 Å². The summed E-state index contributed by atoms with van der Waals surface area (Å²) in [4.78, 5) is 28.6. The summed E-state index contributed by atoms with van der Waals surface area (Å²) in [5.41, 5.74) is -0.480. The van der Waals surface area contributed by atoms with E-state index in [0.717, 1.165) is 19.0 Å². The Morgan fingerprint density at radius 1 is 1.36 bits per heavy atom. The number of nitrogens with one attached hydrogen (secondary N) is 1. The number of alkyl halides is 3. The first-order valence-electron chi connectivity index (χ1n) is 8.49. The SMILES string of the molecule is O=C1CN(c2c([N+](=O)[O-])cnc3c(OCC(F)(F)F)cccc23)CC2(CC2)N1. The maximum absolute atomic E-state index is 12.5. The zero-order chi connectivity index (χ0) is 20.1. The summed E-state index contributed by atoms with van der Waals surface area (Å²) in [6.45, 7) is -1.21. The molecule has 28 heavy (non-hydrogen) atoms. The predicted molar refractivity (Wildman–Crippen MR) is 92.3 cm³/mol. The molecule has 1 aliphatic heterocycles. The molecule has 8 nitrogen and oxygen atoms in total. The number of piperazine rings is 1. The summed E-state index contributed by atoms with van der Waals surface area (Å²) < 4.78 is 42.4. The first-order chi connectivity index (χ1) is 13.2. The third-order valence-corrected chi connectivity index (χ3v) is 4.80. The minimum absolute atomic E-state index is 0.0724. The third kappa shape index (κ3) is 3.39. The fourth-order valence-electron chi connectivity index (χ4n) is 3.47. The van der Waals surface area contributed by atoms with Crippen LogP contribution in [0.2, 0.25) is 0 Å². The second-order valence-electron chi connectivity index (χ2n) is 6.99. The van der Waals surface area contributed by atoms with E-state index in [1.807, 2.05) is 0 Å². The van der Waals surface area contributed by atoms with Gasteiger partial charge in [0.05, 0.1) is 17.0 Å². The van der Waals surface area contributed by atoms with Crippen molar-refractivity contribution in [3.05, 3.63) is 34.5 Å². The fraction of sp³-hybridized carbons (Fsp3) is 0.412. The Kier molecular flexibility index (Phi) is 4.05. The van der Waals surface area contributed by atoms with Gasteiger partial charge in [-0.1, -0.05) is 12.1 Å². The average molecular weight is 396 g/mol. The van der Waals surface area contributed by atoms with Crippen molar-refractivity contribution in [2.45, 2.75) is 24.6 Å². The van der Waals surface area contributed by atoms with Crippen LogP contribution in [-0.2, 0) is 4.79 Å². The summed E-state index contributed by atoms with van der Waals surface area (Å²) >= 11 is 0. The van der Waals surface area contributed by atoms with E-state index in [4.69, 9.17) is 4.74 Å². The second-order valence-corrected chi connectivity index (χ2v) is 6.99. The van der Waals surface area contributed by atoms with Crippen LogP contribution in [0.25, 0.3) is 10.9 Å². The molecule has 1 aliphatic carbocycles. The Labute approximate surface area is 156 Å². The van der Waals surface area contributed by atoms with E-state index < -0.39 is 23.2 Å². The Hall–Kier alpha value is -3.11. The molecule has 0 radical (unpaired) electrons. The number of ether oxygens (including phenoxy) is 1. The molecular weight excluding hydrogens is 381 g/mol. The van der Waals surface area contributed by atoms with Crippen LogP contribution in [0.3, 0.4) is 0 Å². The summed E-state index contributed by atoms with van der Waals surface area (Å²) in [6.07, 6.45) is -2.00. The van der Waals surface area contributed by atoms with Gasteiger partial charge >= 0.3 is 11.9 Å². The Balaban J connectivity index is 1.82. The van der Waals surface area contributed by atoms with Crippen molar-refractivity contribution < 1.29 is 27.6 Å². The molecule has 0 unspecified atom stereocenters. The van der Waals surface area contributed by atoms with Crippen LogP contribution in [0.1, 0.15) is 12.8 Å². The molecule has 0 atom stereocenters. The monoisotopic (exact) mass is 396 g/mol. The van der Waals surface area contributed by atoms with Crippen LogP contribution < -0.4 is 15.0 Å². The number of aromatic nitrogens is 1. The number of pyridine rings is 1. The summed E-state index contributed by atoms with van der Waals surface area (Å²) in [5.74, 6) is -0.388. The lowest BCUT2D eigenvalue weighted by molar-refractivity contribution is -0.384. The molecule has 11 heteroatoms. The highest BCUT2D eigenvalue weighted by Gasteiger charge is 2.49. The van der Waals surface area contributed by atoms with Gasteiger partial charge in [-0.3, -0.25) is 14.9 Å². The smallest absolute Gasteiger partial charge is 0.422 e. The number of nitro groups is 1. The number of anilines is 1. The van der Waals surface area contributed by atoms with Crippen LogP contribution in [0.15, 0.2) is 24.4 Å². The molecule has 1 aromatic heterocycles. The summed E-state index contributed by atoms with van der Waals surface area (Å²) in [5, 5.41) is 14.7. The van der Waals surface area contributed by atoms with E-state index in [1.54, 1.807) is 4.90 Å². The lowest BCUT2D eigenvalue weighted by Gasteiger charge is -2.35. The van der Waals surface area contributed by atoms with Crippen molar-refractivity contribution in [1.29, 1.82) is 0 Å². The van der Waals surface area contributed by atoms with Gasteiger partial charge in [-0.15, -0.1) is 0 Å². The summed E-state index contributed by atoms with van der Waals surface area (Å²) in [7, 11) is 0. The minimum Gasteiger partial charge on any atom is -0.482 e. The lowest BCUT2D eigenvalue weighted by atomic mass is 10.1. The summed E-state index contributed by atoms with van der Waals surface area (Å²) in [6, 6.07) is 4.29. The highest BCUT2D eigenvalue weighted by molar-refractivity contribution is 6.01. The molecule has 2 fully saturated rings. The van der Waals surface area contributed by atoms with Gasteiger partial charge in [-0.25, -0.2) is 4.98 Å². The maximum atomic E-state index is 12.5. The molecule has 1 saturated heterocycles. The van der Waals surface area contributed by atoms with E-state index in [1.165, 1.54) is 18.2 Å². The molecule has 2 aliphatic rings. The van der Waals surface area contributed by atoms with Crippen molar-refractivity contribution >= 4 is 28.2 Å². The van der Waals surface area contributed by atoms with E-state index in [-0.39, 0.29) is 40.5 Å². The molecule has 148 valence electrons. The van der Waals surface area contributed by atoms with Crippen LogP contribution >= 0.6 is 0 Å². The molecule has 1 saturated carbocycles. The third-order valence-electron chi connectivity index (χ3n) is 4.80.